The fourth-order valence-electron chi connectivity index (χ4n) is 2.40. The van der Waals surface area contributed by atoms with E-state index in [4.69, 9.17) is 4.42 Å². The maximum Gasteiger partial charge on any atom is 0.198 e. The Bertz CT molecular complexity index is 920. The van der Waals surface area contributed by atoms with Gasteiger partial charge in [0, 0.05) is 11.6 Å². The maximum atomic E-state index is 5.42. The lowest BCUT2D eigenvalue weighted by atomic mass is 10.2. The van der Waals surface area contributed by atoms with Gasteiger partial charge in [-0.25, -0.2) is 9.97 Å². The molecule has 4 rings (SSSR count). The Morgan fingerprint density at radius 3 is 2.65 bits per heavy atom. The average Bonchev–Trinajstić information content (AvgIpc) is 3.15. The number of rotatable bonds is 4. The largest absolute Gasteiger partial charge is 0.461 e. The van der Waals surface area contributed by atoms with E-state index in [1.165, 1.54) is 0 Å². The van der Waals surface area contributed by atoms with E-state index in [0.717, 1.165) is 22.4 Å². The first-order valence-electron chi connectivity index (χ1n) is 7.34. The van der Waals surface area contributed by atoms with Gasteiger partial charge in [-0.1, -0.05) is 18.2 Å². The molecule has 23 heavy (non-hydrogen) atoms. The molecule has 0 amide bonds. The van der Waals surface area contributed by atoms with Crippen LogP contribution in [0.4, 0.5) is 5.82 Å². The predicted octanol–water partition coefficient (Wildman–Crippen LogP) is 3.90. The molecule has 0 bridgehead atoms. The zero-order valence-corrected chi connectivity index (χ0v) is 12.3. The van der Waals surface area contributed by atoms with Crippen LogP contribution >= 0.6 is 0 Å². The zero-order valence-electron chi connectivity index (χ0n) is 12.3. The van der Waals surface area contributed by atoms with E-state index in [1.54, 1.807) is 12.5 Å². The van der Waals surface area contributed by atoms with Crippen molar-refractivity contribution in [2.24, 2.45) is 0 Å². The van der Waals surface area contributed by atoms with Crippen molar-refractivity contribution in [3.05, 3.63) is 72.8 Å². The summed E-state index contributed by atoms with van der Waals surface area (Å²) >= 11 is 0. The Labute approximate surface area is 133 Å². The second-order valence-electron chi connectivity index (χ2n) is 5.06. The fraction of sp³-hybridized carbons (Fsp3) is 0.0556. The van der Waals surface area contributed by atoms with E-state index in [-0.39, 0.29) is 0 Å². The smallest absolute Gasteiger partial charge is 0.198 e. The van der Waals surface area contributed by atoms with E-state index >= 15 is 0 Å². The Hall–Kier alpha value is -3.21. The first kappa shape index (κ1) is 13.5. The van der Waals surface area contributed by atoms with Gasteiger partial charge < -0.3 is 9.73 Å². The summed E-state index contributed by atoms with van der Waals surface area (Å²) in [6.07, 6.45) is 3.40. The zero-order chi connectivity index (χ0) is 15.5. The molecule has 0 spiro atoms. The Balaban J connectivity index is 1.74. The summed E-state index contributed by atoms with van der Waals surface area (Å²) in [7, 11) is 0. The molecule has 4 aromatic rings. The van der Waals surface area contributed by atoms with Crippen LogP contribution in [0.25, 0.3) is 22.5 Å². The van der Waals surface area contributed by atoms with Crippen LogP contribution in [0.2, 0.25) is 0 Å². The van der Waals surface area contributed by atoms with Gasteiger partial charge in [-0.2, -0.15) is 0 Å². The summed E-state index contributed by atoms with van der Waals surface area (Å²) in [6.45, 7) is 0.597. The van der Waals surface area contributed by atoms with Crippen molar-refractivity contribution in [3.63, 3.8) is 0 Å². The lowest BCUT2D eigenvalue weighted by Gasteiger charge is -2.09. The van der Waals surface area contributed by atoms with Crippen molar-refractivity contribution in [3.8, 4) is 11.6 Å². The molecule has 0 saturated carbocycles. The number of nitrogens with one attached hydrogen (secondary N) is 1. The fourth-order valence-corrected chi connectivity index (χ4v) is 2.40. The SMILES string of the molecule is c1ccc(CNc2nc(-c3ccco3)nc3ccccc23)nc1. The van der Waals surface area contributed by atoms with E-state index in [2.05, 4.69) is 20.3 Å². The number of fused-ring (bicyclic) bond motifs is 1. The maximum absolute atomic E-state index is 5.42. The van der Waals surface area contributed by atoms with Gasteiger partial charge in [0.05, 0.1) is 24.0 Å². The summed E-state index contributed by atoms with van der Waals surface area (Å²) in [5.41, 5.74) is 1.83. The summed E-state index contributed by atoms with van der Waals surface area (Å²) in [4.78, 5) is 13.5. The topological polar surface area (TPSA) is 63.8 Å². The van der Waals surface area contributed by atoms with Crippen LogP contribution in [0.1, 0.15) is 5.69 Å². The van der Waals surface area contributed by atoms with Gasteiger partial charge in [-0.15, -0.1) is 0 Å². The van der Waals surface area contributed by atoms with E-state index in [0.29, 0.717) is 18.1 Å². The third-order valence-electron chi connectivity index (χ3n) is 3.51. The van der Waals surface area contributed by atoms with Gasteiger partial charge in [0.2, 0.25) is 0 Å². The number of anilines is 1. The highest BCUT2D eigenvalue weighted by Crippen LogP contribution is 2.25. The van der Waals surface area contributed by atoms with Crippen LogP contribution in [0.3, 0.4) is 0 Å². The van der Waals surface area contributed by atoms with Crippen LogP contribution in [-0.2, 0) is 6.54 Å². The van der Waals surface area contributed by atoms with Gasteiger partial charge in [-0.05, 0) is 36.4 Å². The van der Waals surface area contributed by atoms with Crippen LogP contribution in [0.15, 0.2) is 71.5 Å². The van der Waals surface area contributed by atoms with Gasteiger partial charge in [0.15, 0.2) is 11.6 Å². The van der Waals surface area contributed by atoms with Gasteiger partial charge in [0.1, 0.15) is 5.82 Å². The first-order valence-corrected chi connectivity index (χ1v) is 7.34. The number of nitrogens with zero attached hydrogens (tertiary/aromatic N) is 3. The molecule has 0 unspecified atom stereocenters. The molecule has 0 saturated heterocycles. The van der Waals surface area contributed by atoms with E-state index in [1.807, 2.05) is 54.6 Å². The van der Waals surface area contributed by atoms with Crippen LogP contribution < -0.4 is 5.32 Å². The molecule has 5 heteroatoms. The minimum atomic E-state index is 0.567. The Kier molecular flexibility index (Phi) is 3.44. The third-order valence-corrected chi connectivity index (χ3v) is 3.51. The van der Waals surface area contributed by atoms with Gasteiger partial charge in [-0.3, -0.25) is 4.98 Å². The number of hydrogen-bond acceptors (Lipinski definition) is 5. The average molecular weight is 302 g/mol. The van der Waals surface area contributed by atoms with Crippen LogP contribution in [-0.4, -0.2) is 15.0 Å². The van der Waals surface area contributed by atoms with E-state index < -0.39 is 0 Å². The minimum absolute atomic E-state index is 0.567. The second-order valence-corrected chi connectivity index (χ2v) is 5.06. The third kappa shape index (κ3) is 2.76. The molecule has 1 aromatic carbocycles. The standard InChI is InChI=1S/C18H14N4O/c1-2-8-15-14(7-1)17(20-12-13-6-3-4-10-19-13)22-18(21-15)16-9-5-11-23-16/h1-11H,12H2,(H,20,21,22). The van der Waals surface area contributed by atoms with Crippen molar-refractivity contribution in [2.75, 3.05) is 5.32 Å². The molecule has 3 aromatic heterocycles. The Morgan fingerprint density at radius 2 is 1.83 bits per heavy atom. The molecule has 1 N–H and O–H groups in total. The summed E-state index contributed by atoms with van der Waals surface area (Å²) in [5.74, 6) is 1.99. The molecule has 112 valence electrons. The number of hydrogen-bond donors (Lipinski definition) is 1. The number of pyridine rings is 1. The van der Waals surface area contributed by atoms with Crippen molar-refractivity contribution < 1.29 is 4.42 Å². The van der Waals surface area contributed by atoms with Crippen LogP contribution in [0, 0.1) is 0 Å². The molecule has 0 aliphatic carbocycles. The van der Waals surface area contributed by atoms with Gasteiger partial charge in [0.25, 0.3) is 0 Å². The number of benzene rings is 1. The number of furan rings is 1. The predicted molar refractivity (Wildman–Crippen MR) is 88.8 cm³/mol. The molecule has 0 atom stereocenters. The van der Waals surface area contributed by atoms with Crippen molar-refractivity contribution in [1.29, 1.82) is 0 Å². The lowest BCUT2D eigenvalue weighted by Crippen LogP contribution is -2.05. The molecular formula is C18H14N4O. The molecule has 5 nitrogen and oxygen atoms in total. The highest BCUT2D eigenvalue weighted by atomic mass is 16.3. The highest BCUT2D eigenvalue weighted by molar-refractivity contribution is 5.90. The van der Waals surface area contributed by atoms with Crippen molar-refractivity contribution >= 4 is 16.7 Å². The van der Waals surface area contributed by atoms with Crippen molar-refractivity contribution in [2.45, 2.75) is 6.54 Å². The molecule has 0 radical (unpaired) electrons. The molecular weight excluding hydrogens is 288 g/mol. The van der Waals surface area contributed by atoms with Crippen molar-refractivity contribution in [1.82, 2.24) is 15.0 Å². The summed E-state index contributed by atoms with van der Waals surface area (Å²) in [5, 5.41) is 4.32. The highest BCUT2D eigenvalue weighted by Gasteiger charge is 2.10. The molecule has 0 aliphatic heterocycles. The van der Waals surface area contributed by atoms with Gasteiger partial charge >= 0.3 is 0 Å². The lowest BCUT2D eigenvalue weighted by molar-refractivity contribution is 0.577. The normalized spacial score (nSPS) is 10.8. The molecule has 0 aliphatic rings. The van der Waals surface area contributed by atoms with E-state index in [9.17, 15) is 0 Å². The molecule has 0 fully saturated rings. The summed E-state index contributed by atoms with van der Waals surface area (Å²) < 4.78 is 5.42. The number of para-hydroxylation sites is 1. The minimum Gasteiger partial charge on any atom is -0.461 e. The monoisotopic (exact) mass is 302 g/mol. The Morgan fingerprint density at radius 1 is 0.913 bits per heavy atom. The number of aromatic nitrogens is 3. The van der Waals surface area contributed by atoms with Crippen LogP contribution in [0.5, 0.6) is 0 Å². The summed E-state index contributed by atoms with van der Waals surface area (Å²) in [6, 6.07) is 17.4. The molecule has 3 heterocycles. The quantitative estimate of drug-likeness (QED) is 0.619. The first-order chi connectivity index (χ1) is 11.4. The second kappa shape index (κ2) is 5.88.